The molecule has 0 aromatic rings. The minimum absolute atomic E-state index is 0.0187. The van der Waals surface area contributed by atoms with E-state index in [0.29, 0.717) is 6.54 Å². The maximum absolute atomic E-state index is 11.3. The normalized spacial score (nSPS) is 8.69. The maximum atomic E-state index is 11.3. The van der Waals surface area contributed by atoms with Crippen molar-refractivity contribution in [2.75, 3.05) is 19.6 Å². The molecule has 0 spiro atoms. The molecular weight excluding hydrogens is 168 g/mol. The zero-order valence-electron chi connectivity index (χ0n) is 7.96. The first-order chi connectivity index (χ1) is 6.11. The van der Waals surface area contributed by atoms with Crippen LogP contribution < -0.4 is 5.32 Å². The monoisotopic (exact) mass is 182 g/mol. The molecule has 0 heterocycles. The SMILES string of the molecule is C#CCN(CC)C(=O)CNC(C)=O. The Balaban J connectivity index is 3.92. The zero-order valence-corrected chi connectivity index (χ0v) is 7.96. The van der Waals surface area contributed by atoms with Crippen molar-refractivity contribution in [3.8, 4) is 12.3 Å². The summed E-state index contributed by atoms with van der Waals surface area (Å²) < 4.78 is 0. The third-order valence-electron chi connectivity index (χ3n) is 1.51. The van der Waals surface area contributed by atoms with Crippen molar-refractivity contribution in [2.45, 2.75) is 13.8 Å². The Morgan fingerprint density at radius 2 is 2.15 bits per heavy atom. The molecule has 2 amide bonds. The fourth-order valence-electron chi connectivity index (χ4n) is 0.798. The van der Waals surface area contributed by atoms with E-state index in [1.54, 1.807) is 0 Å². The lowest BCUT2D eigenvalue weighted by atomic mass is 10.4. The fourth-order valence-corrected chi connectivity index (χ4v) is 0.798. The number of carbonyl (C=O) groups excluding carboxylic acids is 2. The van der Waals surface area contributed by atoms with E-state index in [-0.39, 0.29) is 24.9 Å². The molecule has 4 heteroatoms. The standard InChI is InChI=1S/C9H14N2O2/c1-4-6-11(5-2)9(13)7-10-8(3)12/h1H,5-7H2,2-3H3,(H,10,12). The van der Waals surface area contributed by atoms with Gasteiger partial charge in [0.05, 0.1) is 13.1 Å². The summed E-state index contributed by atoms with van der Waals surface area (Å²) in [6, 6.07) is 0. The summed E-state index contributed by atoms with van der Waals surface area (Å²) in [5, 5.41) is 2.42. The van der Waals surface area contributed by atoms with Gasteiger partial charge < -0.3 is 10.2 Å². The Bertz CT molecular complexity index is 230. The van der Waals surface area contributed by atoms with Gasteiger partial charge >= 0.3 is 0 Å². The van der Waals surface area contributed by atoms with E-state index >= 15 is 0 Å². The first-order valence-corrected chi connectivity index (χ1v) is 4.07. The average molecular weight is 182 g/mol. The maximum Gasteiger partial charge on any atom is 0.242 e. The number of nitrogens with zero attached hydrogens (tertiary/aromatic N) is 1. The number of amides is 2. The molecule has 0 bridgehead atoms. The molecule has 0 fully saturated rings. The van der Waals surface area contributed by atoms with Crippen LogP contribution in [0.4, 0.5) is 0 Å². The summed E-state index contributed by atoms with van der Waals surface area (Å²) in [5.74, 6) is 2.01. The number of nitrogens with one attached hydrogen (secondary N) is 1. The Hall–Kier alpha value is -1.50. The smallest absolute Gasteiger partial charge is 0.242 e. The van der Waals surface area contributed by atoms with Gasteiger partial charge in [0.15, 0.2) is 0 Å². The van der Waals surface area contributed by atoms with E-state index in [1.165, 1.54) is 11.8 Å². The van der Waals surface area contributed by atoms with E-state index in [2.05, 4.69) is 11.2 Å². The van der Waals surface area contributed by atoms with Crippen LogP contribution in [0.25, 0.3) is 0 Å². The van der Waals surface area contributed by atoms with Crippen molar-refractivity contribution in [1.29, 1.82) is 0 Å². The molecular formula is C9H14N2O2. The topological polar surface area (TPSA) is 49.4 Å². The molecule has 0 atom stereocenters. The van der Waals surface area contributed by atoms with Gasteiger partial charge in [-0.15, -0.1) is 6.42 Å². The van der Waals surface area contributed by atoms with E-state index in [0.717, 1.165) is 0 Å². The van der Waals surface area contributed by atoms with Crippen LogP contribution in [0.1, 0.15) is 13.8 Å². The number of likely N-dealkylation sites (N-methyl/N-ethyl adjacent to an activating group) is 1. The van der Waals surface area contributed by atoms with Crippen molar-refractivity contribution in [2.24, 2.45) is 0 Å². The van der Waals surface area contributed by atoms with Crippen molar-refractivity contribution in [3.63, 3.8) is 0 Å². The number of terminal acetylenes is 1. The molecule has 0 aliphatic heterocycles. The molecule has 72 valence electrons. The second kappa shape index (κ2) is 6.06. The van der Waals surface area contributed by atoms with Crippen LogP contribution in [0.3, 0.4) is 0 Å². The van der Waals surface area contributed by atoms with Crippen molar-refractivity contribution < 1.29 is 9.59 Å². The van der Waals surface area contributed by atoms with Crippen LogP contribution in [-0.2, 0) is 9.59 Å². The molecule has 0 saturated carbocycles. The number of carbonyl (C=O) groups is 2. The Kier molecular flexibility index (Phi) is 5.37. The van der Waals surface area contributed by atoms with Gasteiger partial charge in [0.2, 0.25) is 11.8 Å². The van der Waals surface area contributed by atoms with Crippen molar-refractivity contribution in [1.82, 2.24) is 10.2 Å². The molecule has 0 aliphatic rings. The highest BCUT2D eigenvalue weighted by atomic mass is 16.2. The molecule has 4 nitrogen and oxygen atoms in total. The predicted octanol–water partition coefficient (Wildman–Crippen LogP) is -0.396. The minimum atomic E-state index is -0.217. The van der Waals surface area contributed by atoms with Crippen LogP contribution in [0.5, 0.6) is 0 Å². The van der Waals surface area contributed by atoms with Crippen LogP contribution in [0.15, 0.2) is 0 Å². The van der Waals surface area contributed by atoms with Gasteiger partial charge in [-0.05, 0) is 6.92 Å². The number of hydrogen-bond donors (Lipinski definition) is 1. The van der Waals surface area contributed by atoms with E-state index < -0.39 is 0 Å². The molecule has 0 radical (unpaired) electrons. The van der Waals surface area contributed by atoms with Crippen LogP contribution in [0, 0.1) is 12.3 Å². The Morgan fingerprint density at radius 3 is 2.54 bits per heavy atom. The highest BCUT2D eigenvalue weighted by Crippen LogP contribution is 1.86. The lowest BCUT2D eigenvalue weighted by molar-refractivity contribution is -0.131. The molecule has 13 heavy (non-hydrogen) atoms. The third kappa shape index (κ3) is 4.86. The molecule has 0 rings (SSSR count). The summed E-state index contributed by atoms with van der Waals surface area (Å²) in [7, 11) is 0. The van der Waals surface area contributed by atoms with Gasteiger partial charge in [0.25, 0.3) is 0 Å². The third-order valence-corrected chi connectivity index (χ3v) is 1.51. The van der Waals surface area contributed by atoms with E-state index in [9.17, 15) is 9.59 Å². The average Bonchev–Trinajstić information content (AvgIpc) is 2.10. The van der Waals surface area contributed by atoms with Crippen molar-refractivity contribution >= 4 is 11.8 Å². The molecule has 0 aromatic carbocycles. The first-order valence-electron chi connectivity index (χ1n) is 4.07. The minimum Gasteiger partial charge on any atom is -0.347 e. The van der Waals surface area contributed by atoms with E-state index in [4.69, 9.17) is 6.42 Å². The number of hydrogen-bond acceptors (Lipinski definition) is 2. The molecule has 0 unspecified atom stereocenters. The lowest BCUT2D eigenvalue weighted by Crippen LogP contribution is -2.39. The first kappa shape index (κ1) is 11.5. The molecule has 0 aliphatic carbocycles. The summed E-state index contributed by atoms with van der Waals surface area (Å²) in [5.41, 5.74) is 0. The molecule has 0 aromatic heterocycles. The highest BCUT2D eigenvalue weighted by Gasteiger charge is 2.09. The molecule has 1 N–H and O–H groups in total. The largest absolute Gasteiger partial charge is 0.347 e. The predicted molar refractivity (Wildman–Crippen MR) is 49.8 cm³/mol. The summed E-state index contributed by atoms with van der Waals surface area (Å²) >= 11 is 0. The van der Waals surface area contributed by atoms with Crippen molar-refractivity contribution in [3.05, 3.63) is 0 Å². The highest BCUT2D eigenvalue weighted by molar-refractivity contribution is 5.83. The lowest BCUT2D eigenvalue weighted by Gasteiger charge is -2.17. The quantitative estimate of drug-likeness (QED) is 0.602. The van der Waals surface area contributed by atoms with Crippen LogP contribution >= 0.6 is 0 Å². The second-order valence-electron chi connectivity index (χ2n) is 2.52. The Morgan fingerprint density at radius 1 is 1.54 bits per heavy atom. The second-order valence-corrected chi connectivity index (χ2v) is 2.52. The van der Waals surface area contributed by atoms with Gasteiger partial charge in [-0.1, -0.05) is 5.92 Å². The number of rotatable bonds is 4. The summed E-state index contributed by atoms with van der Waals surface area (Å²) in [4.78, 5) is 23.3. The zero-order chi connectivity index (χ0) is 10.3. The van der Waals surface area contributed by atoms with Gasteiger partial charge in [0.1, 0.15) is 0 Å². The summed E-state index contributed by atoms with van der Waals surface area (Å²) in [6.45, 7) is 4.07. The van der Waals surface area contributed by atoms with Crippen LogP contribution in [0.2, 0.25) is 0 Å². The van der Waals surface area contributed by atoms with Gasteiger partial charge in [-0.2, -0.15) is 0 Å². The van der Waals surface area contributed by atoms with Gasteiger partial charge in [0, 0.05) is 13.5 Å². The summed E-state index contributed by atoms with van der Waals surface area (Å²) in [6.07, 6.45) is 5.07. The van der Waals surface area contributed by atoms with Crippen LogP contribution in [-0.4, -0.2) is 36.3 Å². The van der Waals surface area contributed by atoms with Gasteiger partial charge in [-0.25, -0.2) is 0 Å². The fraction of sp³-hybridized carbons (Fsp3) is 0.556. The molecule has 0 saturated heterocycles. The Labute approximate surface area is 78.3 Å². The van der Waals surface area contributed by atoms with E-state index in [1.807, 2.05) is 6.92 Å². The van der Waals surface area contributed by atoms with Gasteiger partial charge in [-0.3, -0.25) is 9.59 Å².